The van der Waals surface area contributed by atoms with Crippen molar-refractivity contribution in [3.05, 3.63) is 35.4 Å². The monoisotopic (exact) mass is 263 g/mol. The van der Waals surface area contributed by atoms with Crippen LogP contribution in [-0.4, -0.2) is 19.1 Å². The molecular weight excluding hydrogens is 238 g/mol. The summed E-state index contributed by atoms with van der Waals surface area (Å²) in [7, 11) is 1.43. The number of carbonyl (C=O) groups is 1. The molecule has 3 nitrogen and oxygen atoms in total. The number of aryl methyl sites for hydroxylation is 1. The van der Waals surface area contributed by atoms with Gasteiger partial charge in [-0.15, -0.1) is 0 Å². The van der Waals surface area contributed by atoms with Crippen LogP contribution in [0, 0.1) is 5.41 Å². The minimum atomic E-state index is -0.302. The molecule has 0 heterocycles. The van der Waals surface area contributed by atoms with Crippen LogP contribution < -0.4 is 5.32 Å². The first kappa shape index (κ1) is 15.7. The fraction of sp³-hybridized carbons (Fsp3) is 0.562. The highest BCUT2D eigenvalue weighted by atomic mass is 16.5. The molecule has 0 spiro atoms. The molecule has 0 saturated heterocycles. The largest absolute Gasteiger partial charge is 0.468 e. The lowest BCUT2D eigenvalue weighted by atomic mass is 9.86. The number of hydrogen-bond acceptors (Lipinski definition) is 3. The van der Waals surface area contributed by atoms with Gasteiger partial charge >= 0.3 is 5.97 Å². The molecule has 3 heteroatoms. The van der Waals surface area contributed by atoms with Crippen molar-refractivity contribution in [2.75, 3.05) is 7.11 Å². The number of carbonyl (C=O) groups excluding carboxylic acids is 1. The minimum Gasteiger partial charge on any atom is -0.468 e. The van der Waals surface area contributed by atoms with E-state index in [0.717, 1.165) is 6.42 Å². The third kappa shape index (κ3) is 4.67. The maximum absolute atomic E-state index is 11.8. The topological polar surface area (TPSA) is 38.3 Å². The fourth-order valence-electron chi connectivity index (χ4n) is 1.97. The van der Waals surface area contributed by atoms with E-state index in [1.165, 1.54) is 18.2 Å². The van der Waals surface area contributed by atoms with Gasteiger partial charge in [0.1, 0.15) is 6.04 Å². The third-order valence-electron chi connectivity index (χ3n) is 3.24. The normalized spacial score (nSPS) is 13.1. The summed E-state index contributed by atoms with van der Waals surface area (Å²) in [5, 5.41) is 3.29. The summed E-state index contributed by atoms with van der Waals surface area (Å²) >= 11 is 0. The molecule has 0 aromatic heterocycles. The van der Waals surface area contributed by atoms with E-state index in [9.17, 15) is 4.79 Å². The summed E-state index contributed by atoms with van der Waals surface area (Å²) in [6.07, 6.45) is 1.04. The van der Waals surface area contributed by atoms with E-state index in [4.69, 9.17) is 4.74 Å². The van der Waals surface area contributed by atoms with Crippen molar-refractivity contribution in [1.29, 1.82) is 0 Å². The van der Waals surface area contributed by atoms with Gasteiger partial charge in [-0.1, -0.05) is 52.0 Å². The predicted octanol–water partition coefficient (Wildman–Crippen LogP) is 2.93. The Labute approximate surface area is 116 Å². The van der Waals surface area contributed by atoms with E-state index in [1.54, 1.807) is 0 Å². The van der Waals surface area contributed by atoms with Crippen molar-refractivity contribution in [1.82, 2.24) is 5.32 Å². The zero-order valence-corrected chi connectivity index (χ0v) is 12.6. The lowest BCUT2D eigenvalue weighted by Gasteiger charge is -2.29. The van der Waals surface area contributed by atoms with Crippen molar-refractivity contribution in [2.45, 2.75) is 46.7 Å². The van der Waals surface area contributed by atoms with Crippen LogP contribution in [0.4, 0.5) is 0 Å². The molecule has 1 unspecified atom stereocenters. The van der Waals surface area contributed by atoms with E-state index in [1.807, 2.05) is 20.8 Å². The Morgan fingerprint density at radius 3 is 2.16 bits per heavy atom. The number of ether oxygens (including phenoxy) is 1. The second-order valence-corrected chi connectivity index (χ2v) is 5.87. The van der Waals surface area contributed by atoms with Crippen LogP contribution in [0.3, 0.4) is 0 Å². The molecule has 0 radical (unpaired) electrons. The Kier molecular flexibility index (Phi) is 5.55. The summed E-state index contributed by atoms with van der Waals surface area (Å²) in [6, 6.07) is 8.15. The van der Waals surface area contributed by atoms with E-state index in [0.29, 0.717) is 6.54 Å². The number of nitrogens with one attached hydrogen (secondary N) is 1. The molecule has 1 aromatic carbocycles. The Balaban J connectivity index is 2.68. The van der Waals surface area contributed by atoms with Gasteiger partial charge in [-0.05, 0) is 23.0 Å². The molecule has 1 atom stereocenters. The quantitative estimate of drug-likeness (QED) is 0.830. The lowest BCUT2D eigenvalue weighted by molar-refractivity contribution is -0.146. The summed E-state index contributed by atoms with van der Waals surface area (Å²) in [6.45, 7) is 8.90. The second kappa shape index (κ2) is 6.71. The molecule has 0 fully saturated rings. The zero-order valence-electron chi connectivity index (χ0n) is 12.6. The highest BCUT2D eigenvalue weighted by Gasteiger charge is 2.31. The standard InChI is InChI=1S/C16H25NO2/c1-6-12-7-9-13(10-8-12)11-17-14(15(18)19-5)16(2,3)4/h7-10,14,17H,6,11H2,1-5H3. The first-order chi connectivity index (χ1) is 8.88. The molecule has 19 heavy (non-hydrogen) atoms. The molecule has 1 N–H and O–H groups in total. The average Bonchev–Trinajstić information content (AvgIpc) is 2.37. The van der Waals surface area contributed by atoms with Gasteiger partial charge in [-0.25, -0.2) is 0 Å². The van der Waals surface area contributed by atoms with Gasteiger partial charge < -0.3 is 4.74 Å². The van der Waals surface area contributed by atoms with Crippen LogP contribution in [0.2, 0.25) is 0 Å². The first-order valence-corrected chi connectivity index (χ1v) is 6.77. The van der Waals surface area contributed by atoms with Crippen LogP contribution in [0.1, 0.15) is 38.8 Å². The SMILES string of the molecule is CCc1ccc(CNC(C(=O)OC)C(C)(C)C)cc1. The second-order valence-electron chi connectivity index (χ2n) is 5.87. The molecule has 0 aliphatic heterocycles. The van der Waals surface area contributed by atoms with Crippen LogP contribution in [0.5, 0.6) is 0 Å². The van der Waals surface area contributed by atoms with E-state index in [2.05, 4.69) is 36.5 Å². The lowest BCUT2D eigenvalue weighted by Crippen LogP contribution is -2.46. The molecular formula is C16H25NO2. The highest BCUT2D eigenvalue weighted by Crippen LogP contribution is 2.20. The Bertz CT molecular complexity index is 404. The molecule has 0 bridgehead atoms. The Morgan fingerprint density at radius 2 is 1.74 bits per heavy atom. The van der Waals surface area contributed by atoms with Gasteiger partial charge in [-0.2, -0.15) is 0 Å². The fourth-order valence-corrected chi connectivity index (χ4v) is 1.97. The van der Waals surface area contributed by atoms with Crippen molar-refractivity contribution in [3.63, 3.8) is 0 Å². The Hall–Kier alpha value is -1.35. The number of esters is 1. The molecule has 0 saturated carbocycles. The summed E-state index contributed by atoms with van der Waals surface area (Å²) in [4.78, 5) is 11.8. The maximum Gasteiger partial charge on any atom is 0.323 e. The number of benzene rings is 1. The van der Waals surface area contributed by atoms with E-state index >= 15 is 0 Å². The van der Waals surface area contributed by atoms with Gasteiger partial charge in [0.15, 0.2) is 0 Å². The molecule has 1 aromatic rings. The highest BCUT2D eigenvalue weighted by molar-refractivity contribution is 5.76. The van der Waals surface area contributed by atoms with Crippen molar-refractivity contribution in [3.8, 4) is 0 Å². The van der Waals surface area contributed by atoms with Gasteiger partial charge in [0.05, 0.1) is 7.11 Å². The Morgan fingerprint density at radius 1 is 1.21 bits per heavy atom. The van der Waals surface area contributed by atoms with Crippen molar-refractivity contribution in [2.24, 2.45) is 5.41 Å². The van der Waals surface area contributed by atoms with Crippen LogP contribution in [0.25, 0.3) is 0 Å². The first-order valence-electron chi connectivity index (χ1n) is 6.77. The predicted molar refractivity (Wildman–Crippen MR) is 77.9 cm³/mol. The summed E-state index contributed by atoms with van der Waals surface area (Å²) in [5.41, 5.74) is 2.33. The van der Waals surface area contributed by atoms with E-state index < -0.39 is 0 Å². The molecule has 0 aliphatic carbocycles. The van der Waals surface area contributed by atoms with Crippen LogP contribution >= 0.6 is 0 Å². The molecule has 0 aliphatic rings. The summed E-state index contributed by atoms with van der Waals surface area (Å²) < 4.78 is 4.86. The van der Waals surface area contributed by atoms with Gasteiger partial charge in [0, 0.05) is 6.54 Å². The van der Waals surface area contributed by atoms with Crippen molar-refractivity contribution < 1.29 is 9.53 Å². The number of rotatable bonds is 5. The average molecular weight is 263 g/mol. The van der Waals surface area contributed by atoms with Crippen LogP contribution in [-0.2, 0) is 22.5 Å². The maximum atomic E-state index is 11.8. The summed E-state index contributed by atoms with van der Waals surface area (Å²) in [5.74, 6) is -0.210. The van der Waals surface area contributed by atoms with Gasteiger partial charge in [-0.3, -0.25) is 10.1 Å². The van der Waals surface area contributed by atoms with Gasteiger partial charge in [0.2, 0.25) is 0 Å². The number of hydrogen-bond donors (Lipinski definition) is 1. The molecule has 0 amide bonds. The third-order valence-corrected chi connectivity index (χ3v) is 3.24. The van der Waals surface area contributed by atoms with E-state index in [-0.39, 0.29) is 17.4 Å². The molecule has 106 valence electrons. The number of methoxy groups -OCH3 is 1. The molecule has 1 rings (SSSR count). The minimum absolute atomic E-state index is 0.170. The van der Waals surface area contributed by atoms with Crippen molar-refractivity contribution >= 4 is 5.97 Å². The van der Waals surface area contributed by atoms with Gasteiger partial charge in [0.25, 0.3) is 0 Å². The zero-order chi connectivity index (χ0) is 14.5. The smallest absolute Gasteiger partial charge is 0.323 e. The van der Waals surface area contributed by atoms with Crippen LogP contribution in [0.15, 0.2) is 24.3 Å².